The minimum absolute atomic E-state index is 0.257. The topological polar surface area (TPSA) is 35.5 Å². The van der Waals surface area contributed by atoms with E-state index in [0.717, 1.165) is 13.0 Å². The monoisotopic (exact) mass is 252 g/mol. The Bertz CT molecular complexity index is 151. The lowest BCUT2D eigenvalue weighted by atomic mass is 10.2. The fourth-order valence-corrected chi connectivity index (χ4v) is 0.726. The van der Waals surface area contributed by atoms with Crippen molar-refractivity contribution in [2.24, 2.45) is 0 Å². The molecule has 0 aliphatic rings. The van der Waals surface area contributed by atoms with E-state index in [1.54, 1.807) is 13.8 Å². The van der Waals surface area contributed by atoms with Crippen molar-refractivity contribution in [3.05, 3.63) is 0 Å². The van der Waals surface area contributed by atoms with E-state index in [-0.39, 0.29) is 5.97 Å². The summed E-state index contributed by atoms with van der Waals surface area (Å²) in [5.41, 5.74) is 0. The Labute approximate surface area is 87.9 Å². The van der Waals surface area contributed by atoms with Gasteiger partial charge in [0.05, 0.1) is 6.61 Å². The van der Waals surface area contributed by atoms with Gasteiger partial charge in [0.15, 0.2) is 0 Å². The molecule has 0 spiro atoms. The highest BCUT2D eigenvalue weighted by molar-refractivity contribution is 9.10. The standard InChI is InChI=1S/C9H17BrO3/c1-4-5-12-6-7-13-8(11)9(2,3)10/h4-7H2,1-3H3. The molecule has 4 heteroatoms. The minimum Gasteiger partial charge on any atom is -0.462 e. The predicted octanol–water partition coefficient (Wildman–Crippen LogP) is 2.13. The average molecular weight is 253 g/mol. The number of alkyl halides is 1. The summed E-state index contributed by atoms with van der Waals surface area (Å²) in [5.74, 6) is -0.257. The molecule has 78 valence electrons. The molecular formula is C9H17BrO3. The molecule has 0 fully saturated rings. The molecule has 0 rings (SSSR count). The van der Waals surface area contributed by atoms with Gasteiger partial charge < -0.3 is 9.47 Å². The van der Waals surface area contributed by atoms with Crippen LogP contribution in [0.3, 0.4) is 0 Å². The van der Waals surface area contributed by atoms with Crippen molar-refractivity contribution in [1.82, 2.24) is 0 Å². The summed E-state index contributed by atoms with van der Waals surface area (Å²) in [6, 6.07) is 0. The normalized spacial score (nSPS) is 11.4. The predicted molar refractivity (Wildman–Crippen MR) is 55.1 cm³/mol. The number of hydrogen-bond acceptors (Lipinski definition) is 3. The van der Waals surface area contributed by atoms with Crippen LogP contribution in [0.4, 0.5) is 0 Å². The minimum atomic E-state index is -0.599. The summed E-state index contributed by atoms with van der Waals surface area (Å²) in [6.45, 7) is 7.06. The first-order valence-corrected chi connectivity index (χ1v) is 5.21. The van der Waals surface area contributed by atoms with Crippen molar-refractivity contribution < 1.29 is 14.3 Å². The van der Waals surface area contributed by atoms with E-state index in [1.807, 2.05) is 6.92 Å². The number of carbonyl (C=O) groups is 1. The highest BCUT2D eigenvalue weighted by Gasteiger charge is 2.24. The van der Waals surface area contributed by atoms with Crippen LogP contribution in [-0.4, -0.2) is 30.1 Å². The number of rotatable bonds is 6. The number of ether oxygens (including phenoxy) is 2. The highest BCUT2D eigenvalue weighted by Crippen LogP contribution is 2.17. The van der Waals surface area contributed by atoms with Gasteiger partial charge in [-0.1, -0.05) is 22.9 Å². The van der Waals surface area contributed by atoms with E-state index in [9.17, 15) is 4.79 Å². The molecular weight excluding hydrogens is 236 g/mol. The van der Waals surface area contributed by atoms with Crippen molar-refractivity contribution in [1.29, 1.82) is 0 Å². The molecule has 0 unspecified atom stereocenters. The maximum Gasteiger partial charge on any atom is 0.322 e. The van der Waals surface area contributed by atoms with Crippen LogP contribution in [0.25, 0.3) is 0 Å². The van der Waals surface area contributed by atoms with Gasteiger partial charge in [0.2, 0.25) is 0 Å². The van der Waals surface area contributed by atoms with Gasteiger partial charge in [-0.25, -0.2) is 0 Å². The maximum absolute atomic E-state index is 11.2. The summed E-state index contributed by atoms with van der Waals surface area (Å²) in [7, 11) is 0. The molecule has 13 heavy (non-hydrogen) atoms. The van der Waals surface area contributed by atoms with Gasteiger partial charge in [-0.2, -0.15) is 0 Å². The SMILES string of the molecule is CCCOCCOC(=O)C(C)(C)Br. The van der Waals surface area contributed by atoms with E-state index >= 15 is 0 Å². The van der Waals surface area contributed by atoms with Crippen molar-refractivity contribution in [2.45, 2.75) is 31.5 Å². The van der Waals surface area contributed by atoms with E-state index in [1.165, 1.54) is 0 Å². The summed E-state index contributed by atoms with van der Waals surface area (Å²) in [5, 5.41) is 0. The van der Waals surface area contributed by atoms with Gasteiger partial charge in [-0.05, 0) is 20.3 Å². The van der Waals surface area contributed by atoms with E-state index in [0.29, 0.717) is 13.2 Å². The zero-order valence-corrected chi connectivity index (χ0v) is 10.0. The van der Waals surface area contributed by atoms with Crippen molar-refractivity contribution in [2.75, 3.05) is 19.8 Å². The third kappa shape index (κ3) is 7.02. The fraction of sp³-hybridized carbons (Fsp3) is 0.889. The molecule has 0 N–H and O–H groups in total. The van der Waals surface area contributed by atoms with E-state index < -0.39 is 4.32 Å². The van der Waals surface area contributed by atoms with Gasteiger partial charge in [0.25, 0.3) is 0 Å². The Hall–Kier alpha value is -0.0900. The smallest absolute Gasteiger partial charge is 0.322 e. The van der Waals surface area contributed by atoms with Crippen LogP contribution in [0.15, 0.2) is 0 Å². The molecule has 0 aliphatic carbocycles. The molecule has 0 radical (unpaired) electrons. The number of halogens is 1. The molecule has 0 saturated carbocycles. The largest absolute Gasteiger partial charge is 0.462 e. The first-order valence-electron chi connectivity index (χ1n) is 4.42. The second-order valence-electron chi connectivity index (χ2n) is 3.22. The quantitative estimate of drug-likeness (QED) is 0.413. The Kier molecular flexibility index (Phi) is 6.33. The summed E-state index contributed by atoms with van der Waals surface area (Å²) >= 11 is 3.21. The Balaban J connectivity index is 3.38. The molecule has 0 bridgehead atoms. The van der Waals surface area contributed by atoms with Crippen LogP contribution in [0, 0.1) is 0 Å². The molecule has 0 saturated heterocycles. The first kappa shape index (κ1) is 12.9. The second kappa shape index (κ2) is 6.38. The number of hydrogen-bond donors (Lipinski definition) is 0. The lowest BCUT2D eigenvalue weighted by Gasteiger charge is -2.14. The third-order valence-corrected chi connectivity index (χ3v) is 1.62. The molecule has 0 amide bonds. The van der Waals surface area contributed by atoms with Crippen molar-refractivity contribution in [3.63, 3.8) is 0 Å². The molecule has 0 atom stereocenters. The van der Waals surface area contributed by atoms with Crippen LogP contribution < -0.4 is 0 Å². The molecule has 3 nitrogen and oxygen atoms in total. The van der Waals surface area contributed by atoms with Gasteiger partial charge >= 0.3 is 5.97 Å². The van der Waals surface area contributed by atoms with Crippen LogP contribution in [0.5, 0.6) is 0 Å². The van der Waals surface area contributed by atoms with Gasteiger partial charge in [-0.15, -0.1) is 0 Å². The van der Waals surface area contributed by atoms with Crippen LogP contribution in [-0.2, 0) is 14.3 Å². The van der Waals surface area contributed by atoms with Crippen molar-refractivity contribution in [3.8, 4) is 0 Å². The zero-order chi connectivity index (χ0) is 10.3. The van der Waals surface area contributed by atoms with Crippen LogP contribution in [0.1, 0.15) is 27.2 Å². The lowest BCUT2D eigenvalue weighted by molar-refractivity contribution is -0.146. The average Bonchev–Trinajstić information content (AvgIpc) is 2.02. The Morgan fingerprint density at radius 3 is 2.38 bits per heavy atom. The van der Waals surface area contributed by atoms with Gasteiger partial charge in [0, 0.05) is 6.61 Å². The Morgan fingerprint density at radius 2 is 1.92 bits per heavy atom. The van der Waals surface area contributed by atoms with Crippen LogP contribution >= 0.6 is 15.9 Å². The number of carbonyl (C=O) groups excluding carboxylic acids is 1. The zero-order valence-electron chi connectivity index (χ0n) is 8.43. The van der Waals surface area contributed by atoms with Crippen molar-refractivity contribution >= 4 is 21.9 Å². The number of esters is 1. The molecule has 0 heterocycles. The summed E-state index contributed by atoms with van der Waals surface area (Å²) in [6.07, 6.45) is 0.984. The maximum atomic E-state index is 11.2. The Morgan fingerprint density at radius 1 is 1.31 bits per heavy atom. The lowest BCUT2D eigenvalue weighted by Crippen LogP contribution is -2.27. The molecule has 0 aromatic heterocycles. The van der Waals surface area contributed by atoms with Crippen LogP contribution in [0.2, 0.25) is 0 Å². The molecule has 0 aromatic carbocycles. The first-order chi connectivity index (χ1) is 5.98. The van der Waals surface area contributed by atoms with E-state index in [2.05, 4.69) is 15.9 Å². The van der Waals surface area contributed by atoms with Gasteiger partial charge in [0.1, 0.15) is 10.9 Å². The second-order valence-corrected chi connectivity index (χ2v) is 5.20. The van der Waals surface area contributed by atoms with Gasteiger partial charge in [-0.3, -0.25) is 4.79 Å². The molecule has 0 aromatic rings. The summed E-state index contributed by atoms with van der Waals surface area (Å²) < 4.78 is 9.50. The fourth-order valence-electron chi connectivity index (χ4n) is 0.611. The summed E-state index contributed by atoms with van der Waals surface area (Å²) in [4.78, 5) is 11.2. The third-order valence-electron chi connectivity index (χ3n) is 1.29. The molecule has 0 aliphatic heterocycles. The van der Waals surface area contributed by atoms with E-state index in [4.69, 9.17) is 9.47 Å². The highest BCUT2D eigenvalue weighted by atomic mass is 79.9.